The number of hydrogen-bond donors (Lipinski definition) is 1. The summed E-state index contributed by atoms with van der Waals surface area (Å²) in [5, 5.41) is 3.46. The molecular weight excluding hydrogens is 275 g/mol. The van der Waals surface area contributed by atoms with E-state index >= 15 is 0 Å². The minimum atomic E-state index is -0.449. The van der Waals surface area contributed by atoms with Crippen molar-refractivity contribution < 1.29 is 18.7 Å². The molecule has 1 aromatic carbocycles. The molecule has 2 heterocycles. The predicted molar refractivity (Wildman–Crippen MR) is 74.6 cm³/mol. The predicted octanol–water partition coefficient (Wildman–Crippen LogP) is 0.794. The Labute approximate surface area is 123 Å². The molecule has 1 unspecified atom stereocenters. The van der Waals surface area contributed by atoms with Gasteiger partial charge in [0.1, 0.15) is 0 Å². The molecule has 2 aliphatic rings. The SMILES string of the molecule is O=C(COc1ccccc1F)N1CC(NC2CCOC2)C1. The van der Waals surface area contributed by atoms with E-state index in [9.17, 15) is 9.18 Å². The summed E-state index contributed by atoms with van der Waals surface area (Å²) in [4.78, 5) is 13.6. The molecule has 3 rings (SSSR count). The lowest BCUT2D eigenvalue weighted by Crippen LogP contribution is -2.62. The van der Waals surface area contributed by atoms with Crippen molar-refractivity contribution in [3.63, 3.8) is 0 Å². The lowest BCUT2D eigenvalue weighted by Gasteiger charge is -2.40. The highest BCUT2D eigenvalue weighted by molar-refractivity contribution is 5.78. The van der Waals surface area contributed by atoms with E-state index in [1.165, 1.54) is 12.1 Å². The fraction of sp³-hybridized carbons (Fsp3) is 0.533. The average Bonchev–Trinajstić information content (AvgIpc) is 2.94. The molecule has 1 aromatic rings. The first-order valence-corrected chi connectivity index (χ1v) is 7.21. The first-order valence-electron chi connectivity index (χ1n) is 7.21. The van der Waals surface area contributed by atoms with Crippen molar-refractivity contribution >= 4 is 5.91 Å². The highest BCUT2D eigenvalue weighted by atomic mass is 19.1. The Balaban J connectivity index is 1.38. The summed E-state index contributed by atoms with van der Waals surface area (Å²) in [5.41, 5.74) is 0. The van der Waals surface area contributed by atoms with Gasteiger partial charge in [-0.2, -0.15) is 0 Å². The van der Waals surface area contributed by atoms with E-state index in [2.05, 4.69) is 5.32 Å². The molecule has 2 fully saturated rings. The van der Waals surface area contributed by atoms with Crippen molar-refractivity contribution in [3.05, 3.63) is 30.1 Å². The monoisotopic (exact) mass is 294 g/mol. The van der Waals surface area contributed by atoms with Gasteiger partial charge >= 0.3 is 0 Å². The minimum absolute atomic E-state index is 0.112. The molecule has 1 amide bonds. The largest absolute Gasteiger partial charge is 0.481 e. The third kappa shape index (κ3) is 3.51. The topological polar surface area (TPSA) is 50.8 Å². The number of nitrogens with zero attached hydrogens (tertiary/aromatic N) is 1. The number of hydrogen-bond acceptors (Lipinski definition) is 4. The van der Waals surface area contributed by atoms with Crippen LogP contribution in [0.15, 0.2) is 24.3 Å². The molecule has 0 radical (unpaired) electrons. The molecule has 2 aliphatic heterocycles. The molecule has 2 saturated heterocycles. The fourth-order valence-electron chi connectivity index (χ4n) is 2.58. The van der Waals surface area contributed by atoms with Crippen LogP contribution in [-0.4, -0.2) is 55.8 Å². The molecule has 0 bridgehead atoms. The Hall–Kier alpha value is -1.66. The number of nitrogens with one attached hydrogen (secondary N) is 1. The van der Waals surface area contributed by atoms with E-state index in [-0.39, 0.29) is 18.3 Å². The van der Waals surface area contributed by atoms with E-state index in [0.29, 0.717) is 25.2 Å². The van der Waals surface area contributed by atoms with Gasteiger partial charge in [-0.3, -0.25) is 4.79 Å². The van der Waals surface area contributed by atoms with Crippen LogP contribution in [0.5, 0.6) is 5.75 Å². The Morgan fingerprint density at radius 2 is 2.19 bits per heavy atom. The molecule has 0 aromatic heterocycles. The second kappa shape index (κ2) is 6.41. The summed E-state index contributed by atoms with van der Waals surface area (Å²) in [6.45, 7) is 2.79. The minimum Gasteiger partial charge on any atom is -0.481 e. The lowest BCUT2D eigenvalue weighted by molar-refractivity contribution is -0.138. The summed E-state index contributed by atoms with van der Waals surface area (Å²) in [5.74, 6) is -0.446. The smallest absolute Gasteiger partial charge is 0.260 e. The third-order valence-electron chi connectivity index (χ3n) is 3.82. The molecular formula is C15H19FN2O3. The number of rotatable bonds is 5. The average molecular weight is 294 g/mol. The summed E-state index contributed by atoms with van der Waals surface area (Å²) in [7, 11) is 0. The molecule has 114 valence electrons. The van der Waals surface area contributed by atoms with Gasteiger partial charge in [0.05, 0.1) is 6.61 Å². The third-order valence-corrected chi connectivity index (χ3v) is 3.82. The van der Waals surface area contributed by atoms with Gasteiger partial charge < -0.3 is 19.7 Å². The van der Waals surface area contributed by atoms with Gasteiger partial charge in [0, 0.05) is 31.8 Å². The van der Waals surface area contributed by atoms with Crippen LogP contribution in [0.2, 0.25) is 0 Å². The second-order valence-electron chi connectivity index (χ2n) is 5.44. The van der Waals surface area contributed by atoms with Gasteiger partial charge in [-0.1, -0.05) is 12.1 Å². The van der Waals surface area contributed by atoms with E-state index < -0.39 is 5.82 Å². The lowest BCUT2D eigenvalue weighted by atomic mass is 10.1. The van der Waals surface area contributed by atoms with Crippen molar-refractivity contribution in [1.29, 1.82) is 0 Å². The number of ether oxygens (including phenoxy) is 2. The molecule has 0 saturated carbocycles. The number of benzene rings is 1. The summed E-state index contributed by atoms with van der Waals surface area (Å²) < 4.78 is 23.9. The second-order valence-corrected chi connectivity index (χ2v) is 5.44. The van der Waals surface area contributed by atoms with E-state index in [0.717, 1.165) is 19.6 Å². The highest BCUT2D eigenvalue weighted by Crippen LogP contribution is 2.16. The fourth-order valence-corrected chi connectivity index (χ4v) is 2.58. The number of carbonyl (C=O) groups excluding carboxylic acids is 1. The molecule has 5 nitrogen and oxygen atoms in total. The van der Waals surface area contributed by atoms with Crippen molar-refractivity contribution in [3.8, 4) is 5.75 Å². The summed E-state index contributed by atoms with van der Waals surface area (Å²) in [6, 6.07) is 6.82. The Bertz CT molecular complexity index is 499. The molecule has 6 heteroatoms. The van der Waals surface area contributed by atoms with Crippen molar-refractivity contribution in [1.82, 2.24) is 10.2 Å². The summed E-state index contributed by atoms with van der Waals surface area (Å²) in [6.07, 6.45) is 1.03. The Kier molecular flexibility index (Phi) is 4.36. The first kappa shape index (κ1) is 14.3. The van der Waals surface area contributed by atoms with Crippen LogP contribution in [-0.2, 0) is 9.53 Å². The molecule has 1 atom stereocenters. The van der Waals surface area contributed by atoms with Crippen LogP contribution in [0.1, 0.15) is 6.42 Å². The van der Waals surface area contributed by atoms with Crippen LogP contribution in [0, 0.1) is 5.82 Å². The van der Waals surface area contributed by atoms with Crippen molar-refractivity contribution in [2.24, 2.45) is 0 Å². The zero-order valence-corrected chi connectivity index (χ0v) is 11.8. The maximum absolute atomic E-state index is 13.4. The van der Waals surface area contributed by atoms with Gasteiger partial charge in [0.25, 0.3) is 5.91 Å². The number of halogens is 1. The van der Waals surface area contributed by atoms with Crippen LogP contribution in [0.3, 0.4) is 0 Å². The van der Waals surface area contributed by atoms with E-state index in [1.807, 2.05) is 0 Å². The number of para-hydroxylation sites is 1. The number of carbonyl (C=O) groups is 1. The van der Waals surface area contributed by atoms with Crippen molar-refractivity contribution in [2.45, 2.75) is 18.5 Å². The zero-order chi connectivity index (χ0) is 14.7. The number of amides is 1. The Morgan fingerprint density at radius 3 is 2.90 bits per heavy atom. The summed E-state index contributed by atoms with van der Waals surface area (Å²) >= 11 is 0. The van der Waals surface area contributed by atoms with Crippen LogP contribution in [0.25, 0.3) is 0 Å². The van der Waals surface area contributed by atoms with Crippen LogP contribution in [0.4, 0.5) is 4.39 Å². The standard InChI is InChI=1S/C15H19FN2O3/c16-13-3-1-2-4-14(13)21-10-15(19)18-7-12(8-18)17-11-5-6-20-9-11/h1-4,11-12,17H,5-10H2. The van der Waals surface area contributed by atoms with Gasteiger partial charge in [-0.05, 0) is 18.6 Å². The van der Waals surface area contributed by atoms with Crippen LogP contribution >= 0.6 is 0 Å². The van der Waals surface area contributed by atoms with Gasteiger partial charge in [0.15, 0.2) is 18.2 Å². The molecule has 1 N–H and O–H groups in total. The van der Waals surface area contributed by atoms with E-state index in [1.54, 1.807) is 17.0 Å². The molecule has 0 aliphatic carbocycles. The van der Waals surface area contributed by atoms with Crippen molar-refractivity contribution in [2.75, 3.05) is 32.9 Å². The van der Waals surface area contributed by atoms with Crippen LogP contribution < -0.4 is 10.1 Å². The molecule has 21 heavy (non-hydrogen) atoms. The molecule has 0 spiro atoms. The maximum Gasteiger partial charge on any atom is 0.260 e. The highest BCUT2D eigenvalue weighted by Gasteiger charge is 2.32. The van der Waals surface area contributed by atoms with Gasteiger partial charge in [-0.15, -0.1) is 0 Å². The first-order chi connectivity index (χ1) is 10.2. The van der Waals surface area contributed by atoms with Gasteiger partial charge in [-0.25, -0.2) is 4.39 Å². The van der Waals surface area contributed by atoms with Gasteiger partial charge in [0.2, 0.25) is 0 Å². The Morgan fingerprint density at radius 1 is 1.38 bits per heavy atom. The quantitative estimate of drug-likeness (QED) is 0.872. The maximum atomic E-state index is 13.4. The zero-order valence-electron chi connectivity index (χ0n) is 11.8. The normalized spacial score (nSPS) is 22.1. The number of likely N-dealkylation sites (tertiary alicyclic amines) is 1. The van der Waals surface area contributed by atoms with E-state index in [4.69, 9.17) is 9.47 Å².